The quantitative estimate of drug-likeness (QED) is 0.679. The number of para-hydroxylation sites is 1. The first-order chi connectivity index (χ1) is 11.5. The molecule has 0 unspecified atom stereocenters. The number of primary amides is 1. The highest BCUT2D eigenvalue weighted by Crippen LogP contribution is 2.31. The van der Waals surface area contributed by atoms with Crippen LogP contribution in [-0.2, 0) is 9.59 Å². The molecule has 8 heteroatoms. The molecule has 0 aromatic heterocycles. The first kappa shape index (κ1) is 19.0. The Morgan fingerprint density at radius 3 is 2.46 bits per heavy atom. The maximum absolute atomic E-state index is 12.2. The van der Waals surface area contributed by atoms with Gasteiger partial charge in [-0.3, -0.25) is 9.59 Å². The Hall–Kier alpha value is -1.34. The molecule has 0 saturated heterocycles. The van der Waals surface area contributed by atoms with Gasteiger partial charge in [0.05, 0.1) is 22.2 Å². The van der Waals surface area contributed by atoms with E-state index in [1.165, 1.54) is 23.5 Å². The molecule has 2 rings (SSSR count). The third-order valence-electron chi connectivity index (χ3n) is 2.78. The lowest BCUT2D eigenvalue weighted by Gasteiger charge is -2.10. The van der Waals surface area contributed by atoms with Crippen molar-refractivity contribution in [2.45, 2.75) is 9.79 Å². The minimum atomic E-state index is -0.410. The van der Waals surface area contributed by atoms with Crippen LogP contribution < -0.4 is 11.1 Å². The standard InChI is InChI=1S/C16H14Cl2N2O2S2/c17-10-5-6-11(18)14(7-10)24-9-16(22)20-12-3-1-2-4-13(12)23-8-15(19)21/h1-7H,8-9H2,(H2,19,21)(H,20,22). The Morgan fingerprint density at radius 1 is 1.00 bits per heavy atom. The van der Waals surface area contributed by atoms with Gasteiger partial charge in [0.15, 0.2) is 0 Å². The number of amides is 2. The number of carbonyl (C=O) groups excluding carboxylic acids is 2. The third kappa shape index (κ3) is 5.94. The molecule has 4 nitrogen and oxygen atoms in total. The smallest absolute Gasteiger partial charge is 0.234 e. The number of hydrogen-bond acceptors (Lipinski definition) is 4. The van der Waals surface area contributed by atoms with E-state index in [9.17, 15) is 9.59 Å². The van der Waals surface area contributed by atoms with Gasteiger partial charge in [0, 0.05) is 14.8 Å². The molecule has 0 spiro atoms. The number of nitrogens with one attached hydrogen (secondary N) is 1. The van der Waals surface area contributed by atoms with Crippen molar-refractivity contribution < 1.29 is 9.59 Å². The molecule has 0 aliphatic carbocycles. The first-order valence-corrected chi connectivity index (χ1v) is 9.56. The molecule has 0 radical (unpaired) electrons. The molecule has 0 atom stereocenters. The molecule has 126 valence electrons. The second-order valence-corrected chi connectivity index (χ2v) is 7.54. The van der Waals surface area contributed by atoms with Gasteiger partial charge in [-0.25, -0.2) is 0 Å². The Kier molecular flexibility index (Phi) is 7.30. The second kappa shape index (κ2) is 9.22. The molecular formula is C16H14Cl2N2O2S2. The average molecular weight is 401 g/mol. The lowest BCUT2D eigenvalue weighted by Crippen LogP contribution is -2.16. The molecule has 3 N–H and O–H groups in total. The van der Waals surface area contributed by atoms with E-state index in [-0.39, 0.29) is 17.4 Å². The van der Waals surface area contributed by atoms with Crippen LogP contribution in [0.15, 0.2) is 52.3 Å². The predicted octanol–water partition coefficient (Wildman–Crippen LogP) is 4.30. The van der Waals surface area contributed by atoms with E-state index in [1.807, 2.05) is 18.2 Å². The highest BCUT2D eigenvalue weighted by Gasteiger charge is 2.10. The van der Waals surface area contributed by atoms with E-state index in [4.69, 9.17) is 28.9 Å². The number of hydrogen-bond donors (Lipinski definition) is 2. The molecule has 24 heavy (non-hydrogen) atoms. The number of rotatable bonds is 7. The van der Waals surface area contributed by atoms with Crippen molar-refractivity contribution in [2.24, 2.45) is 5.73 Å². The van der Waals surface area contributed by atoms with Crippen molar-refractivity contribution in [3.63, 3.8) is 0 Å². The van der Waals surface area contributed by atoms with Crippen LogP contribution in [0.4, 0.5) is 5.69 Å². The van der Waals surface area contributed by atoms with E-state index in [2.05, 4.69) is 5.32 Å². The highest BCUT2D eigenvalue weighted by molar-refractivity contribution is 8.00. The summed E-state index contributed by atoms with van der Waals surface area (Å²) in [5.41, 5.74) is 5.80. The van der Waals surface area contributed by atoms with Gasteiger partial charge in [-0.15, -0.1) is 23.5 Å². The van der Waals surface area contributed by atoms with E-state index in [1.54, 1.807) is 24.3 Å². The lowest BCUT2D eigenvalue weighted by molar-refractivity contribution is -0.115. The van der Waals surface area contributed by atoms with Crippen LogP contribution in [0.3, 0.4) is 0 Å². The van der Waals surface area contributed by atoms with Crippen molar-refractivity contribution in [3.8, 4) is 0 Å². The van der Waals surface area contributed by atoms with Crippen molar-refractivity contribution in [3.05, 3.63) is 52.5 Å². The lowest BCUT2D eigenvalue weighted by atomic mass is 10.3. The molecule has 0 fully saturated rings. The van der Waals surface area contributed by atoms with Crippen LogP contribution in [0.5, 0.6) is 0 Å². The Balaban J connectivity index is 1.97. The summed E-state index contributed by atoms with van der Waals surface area (Å²) >= 11 is 14.6. The van der Waals surface area contributed by atoms with Gasteiger partial charge >= 0.3 is 0 Å². The van der Waals surface area contributed by atoms with Gasteiger partial charge < -0.3 is 11.1 Å². The maximum Gasteiger partial charge on any atom is 0.234 e. The third-order valence-corrected chi connectivity index (χ3v) is 5.61. The van der Waals surface area contributed by atoms with Gasteiger partial charge in [-0.05, 0) is 30.3 Å². The van der Waals surface area contributed by atoms with Crippen molar-refractivity contribution in [1.82, 2.24) is 0 Å². The molecule has 0 aliphatic rings. The van der Waals surface area contributed by atoms with Gasteiger partial charge in [-0.1, -0.05) is 35.3 Å². The molecule has 2 aromatic carbocycles. The van der Waals surface area contributed by atoms with Crippen molar-refractivity contribution >= 4 is 64.2 Å². The van der Waals surface area contributed by atoms with Gasteiger partial charge in [-0.2, -0.15) is 0 Å². The van der Waals surface area contributed by atoms with Crippen LogP contribution in [0.2, 0.25) is 10.0 Å². The average Bonchev–Trinajstić information content (AvgIpc) is 2.55. The molecule has 2 aromatic rings. The fourth-order valence-corrected chi connectivity index (χ4v) is 3.80. The summed E-state index contributed by atoms with van der Waals surface area (Å²) in [7, 11) is 0. The zero-order chi connectivity index (χ0) is 17.5. The monoisotopic (exact) mass is 400 g/mol. The topological polar surface area (TPSA) is 72.2 Å². The Bertz CT molecular complexity index is 757. The number of thioether (sulfide) groups is 2. The minimum Gasteiger partial charge on any atom is -0.369 e. The van der Waals surface area contributed by atoms with Crippen LogP contribution in [0.25, 0.3) is 0 Å². The van der Waals surface area contributed by atoms with Crippen LogP contribution in [-0.4, -0.2) is 23.3 Å². The van der Waals surface area contributed by atoms with Crippen molar-refractivity contribution in [1.29, 1.82) is 0 Å². The molecule has 0 bridgehead atoms. The highest BCUT2D eigenvalue weighted by atomic mass is 35.5. The van der Waals surface area contributed by atoms with Gasteiger partial charge in [0.2, 0.25) is 11.8 Å². The fourth-order valence-electron chi connectivity index (χ4n) is 1.76. The molecule has 0 heterocycles. The SMILES string of the molecule is NC(=O)CSc1ccccc1NC(=O)CSc1cc(Cl)ccc1Cl. The summed E-state index contributed by atoms with van der Waals surface area (Å²) in [6.07, 6.45) is 0. The minimum absolute atomic E-state index is 0.153. The van der Waals surface area contributed by atoms with Crippen LogP contribution in [0, 0.1) is 0 Å². The summed E-state index contributed by atoms with van der Waals surface area (Å²) in [6.45, 7) is 0. The van der Waals surface area contributed by atoms with E-state index >= 15 is 0 Å². The number of carbonyl (C=O) groups is 2. The summed E-state index contributed by atoms with van der Waals surface area (Å²) in [5, 5.41) is 3.95. The Morgan fingerprint density at radius 2 is 1.71 bits per heavy atom. The summed E-state index contributed by atoms with van der Waals surface area (Å²) in [4.78, 5) is 24.6. The fraction of sp³-hybridized carbons (Fsp3) is 0.125. The summed E-state index contributed by atoms with van der Waals surface area (Å²) in [6, 6.07) is 12.4. The maximum atomic E-state index is 12.2. The first-order valence-electron chi connectivity index (χ1n) is 6.83. The van der Waals surface area contributed by atoms with Crippen molar-refractivity contribution in [2.75, 3.05) is 16.8 Å². The normalized spacial score (nSPS) is 10.4. The van der Waals surface area contributed by atoms with Gasteiger partial charge in [0.25, 0.3) is 0 Å². The number of nitrogens with two attached hydrogens (primary N) is 1. The number of halogens is 2. The number of benzene rings is 2. The molecule has 0 aliphatic heterocycles. The molecular weight excluding hydrogens is 387 g/mol. The largest absolute Gasteiger partial charge is 0.369 e. The van der Waals surface area contributed by atoms with E-state index in [0.717, 1.165) is 9.79 Å². The molecule has 0 saturated carbocycles. The zero-order valence-corrected chi connectivity index (χ0v) is 15.6. The van der Waals surface area contributed by atoms with E-state index < -0.39 is 5.91 Å². The molecule has 2 amide bonds. The Labute approximate surface area is 158 Å². The number of anilines is 1. The van der Waals surface area contributed by atoms with Gasteiger partial charge in [0.1, 0.15) is 0 Å². The van der Waals surface area contributed by atoms with Crippen LogP contribution >= 0.6 is 46.7 Å². The van der Waals surface area contributed by atoms with E-state index in [0.29, 0.717) is 15.7 Å². The second-order valence-electron chi connectivity index (χ2n) is 4.66. The summed E-state index contributed by atoms with van der Waals surface area (Å²) < 4.78 is 0. The zero-order valence-electron chi connectivity index (χ0n) is 12.4. The predicted molar refractivity (Wildman–Crippen MR) is 102 cm³/mol. The van der Waals surface area contributed by atoms with Crippen LogP contribution in [0.1, 0.15) is 0 Å². The summed E-state index contributed by atoms with van der Waals surface area (Å²) in [5.74, 6) is -0.246.